The van der Waals surface area contributed by atoms with Crippen molar-refractivity contribution < 1.29 is 33.6 Å². The van der Waals surface area contributed by atoms with Crippen LogP contribution < -0.4 is 15.2 Å². The van der Waals surface area contributed by atoms with Crippen LogP contribution in [0.2, 0.25) is 0 Å². The Morgan fingerprint density at radius 3 is 2.05 bits per heavy atom. The predicted octanol–water partition coefficient (Wildman–Crippen LogP) is 4.85. The lowest BCUT2D eigenvalue weighted by atomic mass is 9.98. The molecule has 3 N–H and O–H groups in total. The average Bonchev–Trinajstić information content (AvgIpc) is 2.89. The molecule has 1 atom stereocenters. The minimum absolute atomic E-state index is 0.249. The Balaban J connectivity index is 2.05. The van der Waals surface area contributed by atoms with Crippen LogP contribution in [0.25, 0.3) is 11.1 Å². The Labute approximate surface area is 232 Å². The largest absolute Gasteiger partial charge is 0.496 e. The van der Waals surface area contributed by atoms with Crippen LogP contribution >= 0.6 is 0 Å². The third kappa shape index (κ3) is 10.5. The summed E-state index contributed by atoms with van der Waals surface area (Å²) in [6.07, 6.45) is 6.93. The van der Waals surface area contributed by atoms with Gasteiger partial charge < -0.3 is 34.5 Å². The Morgan fingerprint density at radius 2 is 1.51 bits per heavy atom. The zero-order valence-corrected chi connectivity index (χ0v) is 24.0. The maximum absolute atomic E-state index is 11.1. The number of carbonyl (C=O) groups is 1. The van der Waals surface area contributed by atoms with Crippen molar-refractivity contribution in [2.75, 3.05) is 34.0 Å². The summed E-state index contributed by atoms with van der Waals surface area (Å²) < 4.78 is 29.2. The summed E-state index contributed by atoms with van der Waals surface area (Å²) >= 11 is 0. The first kappa shape index (κ1) is 32.1. The molecule has 39 heavy (non-hydrogen) atoms. The van der Waals surface area contributed by atoms with Crippen LogP contribution in [0.3, 0.4) is 0 Å². The van der Waals surface area contributed by atoms with E-state index in [0.717, 1.165) is 28.7 Å². The van der Waals surface area contributed by atoms with Crippen molar-refractivity contribution in [2.45, 2.75) is 70.8 Å². The van der Waals surface area contributed by atoms with Gasteiger partial charge >= 0.3 is 5.97 Å². The number of aliphatic carboxylic acids is 1. The fourth-order valence-electron chi connectivity index (χ4n) is 3.93. The molecule has 0 aliphatic rings. The third-order valence-electron chi connectivity index (χ3n) is 6.44. The summed E-state index contributed by atoms with van der Waals surface area (Å²) in [7, 11) is 3.23. The molecule has 214 valence electrons. The van der Waals surface area contributed by atoms with E-state index in [1.54, 1.807) is 14.2 Å². The van der Waals surface area contributed by atoms with Crippen molar-refractivity contribution >= 4 is 5.97 Å². The van der Waals surface area contributed by atoms with Gasteiger partial charge in [-0.3, -0.25) is 4.79 Å². The number of carboxylic acid groups (broad SMARTS) is 1. The Hall–Kier alpha value is -3.09. The highest BCUT2D eigenvalue weighted by atomic mass is 16.5. The Kier molecular flexibility index (Phi) is 12.3. The van der Waals surface area contributed by atoms with E-state index in [1.165, 1.54) is 0 Å². The van der Waals surface area contributed by atoms with E-state index in [9.17, 15) is 4.79 Å². The smallest absolute Gasteiger partial charge is 0.320 e. The van der Waals surface area contributed by atoms with Gasteiger partial charge in [0.2, 0.25) is 0 Å². The Morgan fingerprint density at radius 1 is 0.949 bits per heavy atom. The fourth-order valence-corrected chi connectivity index (χ4v) is 3.93. The lowest BCUT2D eigenvalue weighted by Crippen LogP contribution is -2.32. The van der Waals surface area contributed by atoms with E-state index in [1.807, 2.05) is 64.1 Å². The number of hydrogen-bond acceptors (Lipinski definition) is 7. The van der Waals surface area contributed by atoms with E-state index in [4.69, 9.17) is 40.9 Å². The lowest BCUT2D eigenvalue weighted by Gasteiger charge is -2.30. The van der Waals surface area contributed by atoms with Crippen molar-refractivity contribution in [3.8, 4) is 35.0 Å². The summed E-state index contributed by atoms with van der Waals surface area (Å²) in [5, 5.41) is 9.07. The quantitative estimate of drug-likeness (QED) is 0.216. The number of terminal acetylenes is 1. The maximum atomic E-state index is 11.1. The van der Waals surface area contributed by atoms with Crippen molar-refractivity contribution in [2.24, 2.45) is 5.73 Å². The summed E-state index contributed by atoms with van der Waals surface area (Å²) in [5.74, 6) is 2.74. The first-order valence-corrected chi connectivity index (χ1v) is 13.0. The van der Waals surface area contributed by atoms with Crippen molar-refractivity contribution in [1.82, 2.24) is 0 Å². The van der Waals surface area contributed by atoms with Gasteiger partial charge in [-0.1, -0.05) is 30.2 Å². The molecule has 8 heteroatoms. The highest BCUT2D eigenvalue weighted by Gasteiger charge is 2.24. The van der Waals surface area contributed by atoms with Gasteiger partial charge in [-0.25, -0.2) is 0 Å². The minimum atomic E-state index is -1.03. The normalized spacial score (nSPS) is 12.6. The van der Waals surface area contributed by atoms with Gasteiger partial charge in [-0.05, 0) is 75.8 Å². The third-order valence-corrected chi connectivity index (χ3v) is 6.44. The molecule has 0 saturated heterocycles. The van der Waals surface area contributed by atoms with Crippen LogP contribution in [0.1, 0.15) is 51.7 Å². The molecule has 2 aromatic rings. The molecular weight excluding hydrogens is 498 g/mol. The number of hydrogen-bond donors (Lipinski definition) is 2. The van der Waals surface area contributed by atoms with Gasteiger partial charge in [-0.15, -0.1) is 6.42 Å². The second-order valence-corrected chi connectivity index (χ2v) is 10.6. The molecule has 0 saturated carbocycles. The fraction of sp³-hybridized carbons (Fsp3) is 0.516. The summed E-state index contributed by atoms with van der Waals surface area (Å²) in [4.78, 5) is 11.1. The molecule has 2 rings (SSSR count). The highest BCUT2D eigenvalue weighted by Crippen LogP contribution is 2.40. The second-order valence-electron chi connectivity index (χ2n) is 10.6. The van der Waals surface area contributed by atoms with Gasteiger partial charge in [0.05, 0.1) is 50.8 Å². The monoisotopic (exact) mass is 541 g/mol. The van der Waals surface area contributed by atoms with Crippen LogP contribution in [0.5, 0.6) is 11.5 Å². The van der Waals surface area contributed by atoms with Crippen molar-refractivity contribution in [3.05, 3.63) is 47.5 Å². The molecule has 0 fully saturated rings. The first-order valence-electron chi connectivity index (χ1n) is 13.0. The molecule has 0 radical (unpaired) electrons. The summed E-state index contributed by atoms with van der Waals surface area (Å²) in [6, 6.07) is 10.5. The maximum Gasteiger partial charge on any atom is 0.320 e. The van der Waals surface area contributed by atoms with Gasteiger partial charge in [-0.2, -0.15) is 0 Å². The molecule has 0 spiro atoms. The predicted molar refractivity (Wildman–Crippen MR) is 152 cm³/mol. The zero-order valence-electron chi connectivity index (χ0n) is 24.0. The number of rotatable bonds is 17. The molecule has 0 heterocycles. The number of ether oxygens (including phenoxy) is 5. The SMILES string of the molecule is C#CCOCCC(C)(C)OCCC(C)(C)OCc1cc(OC)c(-c2ccc(C[C@H](N)C(=O)O)cc2)c(OC)c1. The van der Waals surface area contributed by atoms with Crippen LogP contribution in [0.15, 0.2) is 36.4 Å². The molecule has 2 aromatic carbocycles. The molecule has 0 bridgehead atoms. The van der Waals surface area contributed by atoms with Crippen LogP contribution in [0, 0.1) is 12.3 Å². The van der Waals surface area contributed by atoms with Gasteiger partial charge in [0, 0.05) is 0 Å². The number of methoxy groups -OCH3 is 2. The highest BCUT2D eigenvalue weighted by molar-refractivity contribution is 5.78. The van der Waals surface area contributed by atoms with Gasteiger partial charge in [0.15, 0.2) is 0 Å². The van der Waals surface area contributed by atoms with Gasteiger partial charge in [0.1, 0.15) is 24.1 Å². The molecule has 8 nitrogen and oxygen atoms in total. The van der Waals surface area contributed by atoms with Crippen LogP contribution in [0.4, 0.5) is 0 Å². The van der Waals surface area contributed by atoms with Gasteiger partial charge in [0.25, 0.3) is 0 Å². The molecule has 0 aromatic heterocycles. The number of nitrogens with two attached hydrogens (primary N) is 1. The molecular formula is C31H43NO7. The van der Waals surface area contributed by atoms with E-state index >= 15 is 0 Å². The molecule has 0 amide bonds. The molecule has 0 aliphatic heterocycles. The zero-order chi connectivity index (χ0) is 29.1. The standard InChI is InChI=1S/C31H43NO7/c1-8-15-37-16-13-30(2,3)38-17-14-31(4,5)39-21-23-19-26(35-6)28(27(20-23)36-7)24-11-9-22(10-12-24)18-25(32)29(33)34/h1,9-12,19-20,25H,13-18,21,32H2,2-7H3,(H,33,34)/t25-/m0/s1. The molecule has 0 aliphatic carbocycles. The van der Waals surface area contributed by atoms with Crippen molar-refractivity contribution in [1.29, 1.82) is 0 Å². The topological polar surface area (TPSA) is 109 Å². The van der Waals surface area contributed by atoms with E-state index < -0.39 is 17.6 Å². The second kappa shape index (κ2) is 14.9. The van der Waals surface area contributed by atoms with Crippen LogP contribution in [-0.2, 0) is 32.0 Å². The van der Waals surface area contributed by atoms with Crippen molar-refractivity contribution in [3.63, 3.8) is 0 Å². The average molecular weight is 542 g/mol. The van der Waals surface area contributed by atoms with Crippen LogP contribution in [-0.4, -0.2) is 62.4 Å². The minimum Gasteiger partial charge on any atom is -0.496 e. The molecule has 0 unspecified atom stereocenters. The number of benzene rings is 2. The first-order chi connectivity index (χ1) is 18.4. The van der Waals surface area contributed by atoms with E-state index in [-0.39, 0.29) is 12.0 Å². The summed E-state index contributed by atoms with van der Waals surface area (Å²) in [5.41, 5.74) is 8.37. The number of carboxylic acids is 1. The Bertz CT molecular complexity index is 1080. The lowest BCUT2D eigenvalue weighted by molar-refractivity contribution is -0.138. The van der Waals surface area contributed by atoms with E-state index in [0.29, 0.717) is 44.3 Å². The summed E-state index contributed by atoms with van der Waals surface area (Å²) in [6.45, 7) is 9.95. The van der Waals surface area contributed by atoms with E-state index in [2.05, 4.69) is 5.92 Å².